The number of ketones is 1. The van der Waals surface area contributed by atoms with Gasteiger partial charge in [0.05, 0.1) is 20.8 Å². The maximum absolute atomic E-state index is 13.1. The van der Waals surface area contributed by atoms with Crippen LogP contribution in [-0.4, -0.2) is 67.6 Å². The number of amides is 2. The van der Waals surface area contributed by atoms with E-state index in [4.69, 9.17) is 40.7 Å². The van der Waals surface area contributed by atoms with Crippen LogP contribution >= 0.6 is 11.6 Å². The van der Waals surface area contributed by atoms with E-state index in [0.717, 1.165) is 34.4 Å². The van der Waals surface area contributed by atoms with Crippen molar-refractivity contribution in [2.24, 2.45) is 22.6 Å². The number of anilines is 4. The molecule has 26 heteroatoms. The van der Waals surface area contributed by atoms with Crippen molar-refractivity contribution in [2.75, 3.05) is 16.0 Å². The number of halogens is 1. The number of carbonyl (C=O) groups is 4. The number of aryl methyl sites for hydroxylation is 4. The van der Waals surface area contributed by atoms with E-state index in [1.807, 2.05) is 81.4 Å². The molecule has 2 aliphatic rings. The minimum Gasteiger partial charge on any atom is -0.744 e. The van der Waals surface area contributed by atoms with E-state index >= 15 is 0 Å². The van der Waals surface area contributed by atoms with Gasteiger partial charge in [0.2, 0.25) is 11.8 Å². The van der Waals surface area contributed by atoms with E-state index in [-0.39, 0.29) is 141 Å². The van der Waals surface area contributed by atoms with Gasteiger partial charge in [-0.3, -0.25) is 9.59 Å². The molecule has 86 heavy (non-hydrogen) atoms. The van der Waals surface area contributed by atoms with E-state index in [1.165, 1.54) is 37.3 Å². The molecule has 0 radical (unpaired) electrons. The molecular weight excluding hydrogens is 1210 g/mol. The molecule has 0 aromatic heterocycles. The standard InChI is InChI=1S/C47H51N4O9S2.C7H5ClO2.C3H9N.C3H6O.2Na.O3S/c1-24(2)17-41(52)50-46-28(7)19-26(5)44(30(46)9)48-32-15-16-33-37(21-32)60-38-23-36(49-45-27(6)20-29(8)47(31(45)10)51-42(53)18-25(3)4)40(62(57,58)59)22-35(38)43(33)34-13-11-12-14-39(34)61(54,55)56;8-7(9)10-6-4-2-1-3-5-6;2*1-3(2)4;;;1-4(2)3/h11-14,16,19-25,48H,17-18H2,1-10H3,(H,50,52)(H,51,53)(H,54,55,56)(H,57,58,59);1-5H;3H,4H2,1-2H3;1-2H3;;;/q-1;;;;2*+1;/p-2/i;;;1D;;;. The minimum atomic E-state index is -5.26. The van der Waals surface area contributed by atoms with Gasteiger partial charge in [0.1, 0.15) is 37.5 Å². The van der Waals surface area contributed by atoms with Crippen LogP contribution in [0.5, 0.6) is 5.75 Å². The van der Waals surface area contributed by atoms with Gasteiger partial charge in [0, 0.05) is 60.1 Å². The molecule has 5 aromatic rings. The Bertz CT molecular complexity index is 3970. The van der Waals surface area contributed by atoms with Crippen LogP contribution in [0.2, 0.25) is 0 Å². The number of nitrogens with two attached hydrogens (primary N) is 1. The van der Waals surface area contributed by atoms with Crippen LogP contribution in [0.15, 0.2) is 110 Å². The van der Waals surface area contributed by atoms with Gasteiger partial charge in [-0.15, -0.1) is 18.7 Å². The fraction of sp³-hybridized carbons (Fsp3) is 0.317. The van der Waals surface area contributed by atoms with Crippen molar-refractivity contribution >= 4 is 105 Å². The molecule has 20 nitrogen and oxygen atoms in total. The Kier molecular flexibility index (Phi) is 31.5. The predicted molar refractivity (Wildman–Crippen MR) is 323 cm³/mol. The third kappa shape index (κ3) is 24.5. The molecule has 0 saturated carbocycles. The topological polar surface area (TPSA) is 331 Å². The van der Waals surface area contributed by atoms with E-state index in [0.29, 0.717) is 57.8 Å². The minimum absolute atomic E-state index is 0. The summed E-state index contributed by atoms with van der Waals surface area (Å²) in [4.78, 5) is 48.9. The summed E-state index contributed by atoms with van der Waals surface area (Å²) >= 11 is 4.95. The van der Waals surface area contributed by atoms with Crippen molar-refractivity contribution in [3.63, 3.8) is 0 Å². The van der Waals surface area contributed by atoms with Crippen molar-refractivity contribution in [3.8, 4) is 28.2 Å². The molecule has 0 unspecified atom stereocenters. The Hall–Kier alpha value is -5.64. The zero-order valence-electron chi connectivity index (χ0n) is 51.8. The first-order valence-electron chi connectivity index (χ1n) is 26.5. The first kappa shape index (κ1) is 76.5. The number of fused-ring (bicyclic) bond motifs is 2. The molecule has 2 amide bonds. The number of Topliss-reactive ketones (excluding diaryl/α,β-unsaturated/α-hetero) is 1. The first-order chi connectivity index (χ1) is 39.5. The number of ether oxygens (including phenoxy) is 1. The molecule has 0 bridgehead atoms. The van der Waals surface area contributed by atoms with Gasteiger partial charge in [-0.25, -0.2) is 26.6 Å². The Morgan fingerprint density at radius 2 is 1.17 bits per heavy atom. The molecule has 0 saturated heterocycles. The quantitative estimate of drug-likeness (QED) is 0.0339. The van der Waals surface area contributed by atoms with Gasteiger partial charge in [-0.05, 0) is 136 Å². The van der Waals surface area contributed by atoms with E-state index in [2.05, 4.69) is 26.8 Å². The van der Waals surface area contributed by atoms with Crippen LogP contribution in [0, 0.1) is 59.4 Å². The number of carbonyl (C=O) groups excluding carboxylic acids is 4. The zero-order valence-corrected chi connectivity index (χ0v) is 58.0. The summed E-state index contributed by atoms with van der Waals surface area (Å²) in [6.07, 6.45) is 0.621. The van der Waals surface area contributed by atoms with E-state index in [1.54, 1.807) is 50.2 Å². The second kappa shape index (κ2) is 35.4. The van der Waals surface area contributed by atoms with Crippen LogP contribution in [0.1, 0.15) is 103 Å². The van der Waals surface area contributed by atoms with Gasteiger partial charge in [0.15, 0.2) is 0 Å². The van der Waals surface area contributed by atoms with Gasteiger partial charge < -0.3 is 44.7 Å². The van der Waals surface area contributed by atoms with Crippen molar-refractivity contribution in [1.29, 1.82) is 0 Å². The van der Waals surface area contributed by atoms with Crippen LogP contribution in [0.3, 0.4) is 0 Å². The second-order valence-electron chi connectivity index (χ2n) is 20.4. The van der Waals surface area contributed by atoms with Gasteiger partial charge in [-0.1, -0.05) is 107 Å². The number of benzene rings is 6. The largest absolute Gasteiger partial charge is 1.00 e. The molecule has 452 valence electrons. The summed E-state index contributed by atoms with van der Waals surface area (Å²) < 4.78 is 120. The molecule has 0 fully saturated rings. The third-order valence-corrected chi connectivity index (χ3v) is 13.3. The molecule has 7 rings (SSSR count). The first-order valence-corrected chi connectivity index (χ1v) is 30.0. The average Bonchev–Trinajstić information content (AvgIpc) is 0.768. The van der Waals surface area contributed by atoms with Crippen molar-refractivity contribution in [2.45, 2.75) is 126 Å². The molecule has 1 heterocycles. The van der Waals surface area contributed by atoms with Crippen LogP contribution in [-0.2, 0) is 45.2 Å². The third-order valence-electron chi connectivity index (χ3n) is 11.5. The van der Waals surface area contributed by atoms with Crippen LogP contribution in [0.25, 0.3) is 33.4 Å². The van der Waals surface area contributed by atoms with E-state index < -0.39 is 46.1 Å². The smallest absolute Gasteiger partial charge is 0.744 e. The maximum atomic E-state index is 13.1. The molecule has 0 spiro atoms. The molecule has 0 atom stereocenters. The number of hydrogen-bond donors (Lipinski definition) is 4. The molecule has 5 N–H and O–H groups in total. The fourth-order valence-electron chi connectivity index (χ4n) is 8.45. The molecular formula is C60H69ClN5Na2O15S3-. The second-order valence-corrected chi connectivity index (χ2v) is 23.8. The number of hydrogen-bond acceptors (Lipinski definition) is 18. The van der Waals surface area contributed by atoms with E-state index in [9.17, 15) is 45.1 Å². The predicted octanol–water partition coefficient (Wildman–Crippen LogP) is 5.99. The summed E-state index contributed by atoms with van der Waals surface area (Å²) in [5.41, 5.74) is 11.6. The normalized spacial score (nSPS) is 11.2. The molecule has 1 aliphatic carbocycles. The monoisotopic (exact) mass is 1280 g/mol. The Morgan fingerprint density at radius 3 is 1.65 bits per heavy atom. The summed E-state index contributed by atoms with van der Waals surface area (Å²) in [6.45, 7) is 24.0. The number of nitrogens with zero attached hydrogens (tertiary/aromatic N) is 1. The summed E-state index contributed by atoms with van der Waals surface area (Å²) in [5.74, 6) is 0.334. The summed E-state index contributed by atoms with van der Waals surface area (Å²) in [7, 11) is -13.5. The fourth-order valence-corrected chi connectivity index (χ4v) is 9.85. The van der Waals surface area contributed by atoms with Crippen molar-refractivity contribution in [3.05, 3.63) is 136 Å². The maximum Gasteiger partial charge on any atom is 1.00 e. The Morgan fingerprint density at radius 1 is 0.709 bits per heavy atom. The SMILES string of the molecule is CC(C)N.Cc1cc(C)c(NC(=O)CC(C)C)c(C)c1N=c1cc2oc3cc(Nc4c(C)cc(C)c(NC(=O)CC(C)C)c4C)[c-]cc3c(-c3ccccc3S(=O)(=O)[O-])c-2cc1S(=O)(=O)[O-].O=C(Cl)Oc1ccccc1.O=S(=O)=O.[2H]CC(C)=O.[Na+].[Na+]. The summed E-state index contributed by atoms with van der Waals surface area (Å²) in [6, 6.07) is 26.9. The molecule has 1 aliphatic heterocycles. The van der Waals surface area contributed by atoms with Gasteiger partial charge in [0.25, 0.3) is 0 Å². The van der Waals surface area contributed by atoms with Gasteiger partial charge >= 0.3 is 75.2 Å². The Labute approximate surface area is 555 Å². The van der Waals surface area contributed by atoms with Gasteiger partial charge in [-0.2, -0.15) is 12.1 Å². The number of para-hydroxylation sites is 1. The van der Waals surface area contributed by atoms with Crippen molar-refractivity contribution < 1.29 is 127 Å². The van der Waals surface area contributed by atoms with Crippen LogP contribution in [0.4, 0.5) is 33.2 Å². The van der Waals surface area contributed by atoms with Crippen molar-refractivity contribution in [1.82, 2.24) is 0 Å². The zero-order chi connectivity index (χ0) is 64.4. The number of rotatable bonds is 13. The Balaban J connectivity index is 0.00000127. The van der Waals surface area contributed by atoms with Crippen LogP contribution < -0.4 is 90.9 Å². The number of nitrogens with one attached hydrogen (secondary N) is 3. The summed E-state index contributed by atoms with van der Waals surface area (Å²) in [5, 5.41) is 9.38. The molecule has 5 aromatic carbocycles. The average molecular weight is 1280 g/mol.